The van der Waals surface area contributed by atoms with Crippen LogP contribution in [0.1, 0.15) is 12.5 Å². The molecule has 1 aromatic carbocycles. The molecular formula is C18H23NO4. The summed E-state index contributed by atoms with van der Waals surface area (Å²) in [6.45, 7) is 4.53. The lowest BCUT2D eigenvalue weighted by atomic mass is 10.1. The number of ether oxygens (including phenoxy) is 2. The normalized spacial score (nSPS) is 26.7. The minimum Gasteiger partial charge on any atom is -0.466 e. The Kier molecular flexibility index (Phi) is 4.96. The number of hydrogen-bond acceptors (Lipinski definition) is 4. The summed E-state index contributed by atoms with van der Waals surface area (Å²) in [4.78, 5) is 26.8. The second kappa shape index (κ2) is 7.13. The molecule has 124 valence electrons. The number of benzene rings is 1. The van der Waals surface area contributed by atoms with Gasteiger partial charge in [-0.3, -0.25) is 9.59 Å². The summed E-state index contributed by atoms with van der Waals surface area (Å²) >= 11 is 0. The van der Waals surface area contributed by atoms with Gasteiger partial charge in [0, 0.05) is 13.1 Å². The van der Waals surface area contributed by atoms with Crippen molar-refractivity contribution >= 4 is 11.9 Å². The van der Waals surface area contributed by atoms with E-state index in [1.165, 1.54) is 0 Å². The smallest absolute Gasteiger partial charge is 0.310 e. The van der Waals surface area contributed by atoms with Gasteiger partial charge < -0.3 is 14.4 Å². The summed E-state index contributed by atoms with van der Waals surface area (Å²) in [5.74, 6) is -0.656. The number of morpholine rings is 1. The second-order valence-corrected chi connectivity index (χ2v) is 6.09. The molecule has 3 rings (SSSR count). The molecule has 2 aliphatic rings. The van der Waals surface area contributed by atoms with E-state index < -0.39 is 0 Å². The van der Waals surface area contributed by atoms with Crippen LogP contribution in [-0.2, 0) is 25.5 Å². The van der Waals surface area contributed by atoms with E-state index in [9.17, 15) is 9.59 Å². The minimum absolute atomic E-state index is 0.0480. The fraction of sp³-hybridized carbons (Fsp3) is 0.556. The van der Waals surface area contributed by atoms with Gasteiger partial charge in [0.1, 0.15) is 0 Å². The maximum Gasteiger partial charge on any atom is 0.310 e. The van der Waals surface area contributed by atoms with Crippen LogP contribution in [0.25, 0.3) is 0 Å². The first kappa shape index (κ1) is 16.0. The molecule has 5 nitrogen and oxygen atoms in total. The predicted molar refractivity (Wildman–Crippen MR) is 84.6 cm³/mol. The van der Waals surface area contributed by atoms with Crippen LogP contribution in [0.15, 0.2) is 30.3 Å². The quantitative estimate of drug-likeness (QED) is 0.773. The number of hydrogen-bond donors (Lipinski definition) is 0. The van der Waals surface area contributed by atoms with E-state index >= 15 is 0 Å². The summed E-state index contributed by atoms with van der Waals surface area (Å²) in [7, 11) is 0. The molecule has 1 amide bonds. The zero-order valence-corrected chi connectivity index (χ0v) is 13.4. The zero-order valence-electron chi connectivity index (χ0n) is 13.4. The van der Waals surface area contributed by atoms with Crippen molar-refractivity contribution in [3.8, 4) is 0 Å². The van der Waals surface area contributed by atoms with E-state index in [2.05, 4.69) is 0 Å². The molecule has 0 bridgehead atoms. The van der Waals surface area contributed by atoms with E-state index in [0.717, 1.165) is 12.0 Å². The number of nitrogens with zero attached hydrogens (tertiary/aromatic N) is 1. The molecule has 1 aliphatic heterocycles. The van der Waals surface area contributed by atoms with Crippen molar-refractivity contribution in [2.45, 2.75) is 13.3 Å². The third-order valence-electron chi connectivity index (χ3n) is 4.65. The van der Waals surface area contributed by atoms with E-state index in [4.69, 9.17) is 9.47 Å². The van der Waals surface area contributed by atoms with Crippen LogP contribution in [0.2, 0.25) is 0 Å². The maximum absolute atomic E-state index is 12.7. The molecule has 3 atom stereocenters. The highest BCUT2D eigenvalue weighted by molar-refractivity contribution is 5.91. The van der Waals surface area contributed by atoms with Gasteiger partial charge in [-0.05, 0) is 24.8 Å². The molecule has 5 heteroatoms. The Morgan fingerprint density at radius 2 is 1.87 bits per heavy atom. The molecule has 0 unspecified atom stereocenters. The van der Waals surface area contributed by atoms with Crippen LogP contribution in [0.4, 0.5) is 0 Å². The Morgan fingerprint density at radius 3 is 2.52 bits per heavy atom. The molecule has 1 aliphatic carbocycles. The molecule has 1 heterocycles. The number of amides is 1. The summed E-state index contributed by atoms with van der Waals surface area (Å²) in [6, 6.07) is 10.0. The molecule has 0 N–H and O–H groups in total. The van der Waals surface area contributed by atoms with Crippen molar-refractivity contribution in [1.29, 1.82) is 0 Å². The first-order valence-corrected chi connectivity index (χ1v) is 8.29. The first-order chi connectivity index (χ1) is 11.2. The van der Waals surface area contributed by atoms with Crippen molar-refractivity contribution in [2.24, 2.45) is 17.8 Å². The second-order valence-electron chi connectivity index (χ2n) is 6.09. The number of carbonyl (C=O) groups is 2. The molecule has 0 spiro atoms. The van der Waals surface area contributed by atoms with Crippen LogP contribution >= 0.6 is 0 Å². The third kappa shape index (κ3) is 3.55. The van der Waals surface area contributed by atoms with Crippen molar-refractivity contribution in [1.82, 2.24) is 4.90 Å². The Morgan fingerprint density at radius 1 is 1.17 bits per heavy atom. The SMILES string of the molecule is CCOC(=O)[C@@H]1[C@H](Cc2ccccc2)[C@H]1C(=O)N1CCOCC1. The average molecular weight is 317 g/mol. The molecule has 1 saturated carbocycles. The number of esters is 1. The molecule has 1 aromatic rings. The Labute approximate surface area is 136 Å². The Balaban J connectivity index is 1.70. The predicted octanol–water partition coefficient (Wildman–Crippen LogP) is 1.51. The molecular weight excluding hydrogens is 294 g/mol. The monoisotopic (exact) mass is 317 g/mol. The molecule has 1 saturated heterocycles. The summed E-state index contributed by atoms with van der Waals surface area (Å²) in [6.07, 6.45) is 0.741. The highest BCUT2D eigenvalue weighted by Crippen LogP contribution is 2.50. The lowest BCUT2D eigenvalue weighted by Gasteiger charge is -2.27. The standard InChI is InChI=1S/C18H23NO4/c1-2-23-18(21)16-14(12-13-6-4-3-5-7-13)15(16)17(20)19-8-10-22-11-9-19/h3-7,14-16H,2,8-12H2,1H3/t14-,15-,16-/m1/s1. The third-order valence-corrected chi connectivity index (χ3v) is 4.65. The first-order valence-electron chi connectivity index (χ1n) is 8.29. The van der Waals surface area contributed by atoms with E-state index in [1.807, 2.05) is 35.2 Å². The van der Waals surface area contributed by atoms with Crippen LogP contribution in [0.5, 0.6) is 0 Å². The lowest BCUT2D eigenvalue weighted by Crippen LogP contribution is -2.42. The van der Waals surface area contributed by atoms with Gasteiger partial charge in [-0.25, -0.2) is 0 Å². The highest BCUT2D eigenvalue weighted by Gasteiger charge is 2.60. The zero-order chi connectivity index (χ0) is 16.2. The van der Waals surface area contributed by atoms with Gasteiger partial charge in [-0.2, -0.15) is 0 Å². The summed E-state index contributed by atoms with van der Waals surface area (Å²) in [5, 5.41) is 0. The Bertz CT molecular complexity index is 553. The number of rotatable bonds is 5. The van der Waals surface area contributed by atoms with Crippen molar-refractivity contribution < 1.29 is 19.1 Å². The van der Waals surface area contributed by atoms with Crippen molar-refractivity contribution in [2.75, 3.05) is 32.9 Å². The van der Waals surface area contributed by atoms with Crippen LogP contribution in [0, 0.1) is 17.8 Å². The van der Waals surface area contributed by atoms with Gasteiger partial charge in [0.05, 0.1) is 31.7 Å². The van der Waals surface area contributed by atoms with E-state index in [1.54, 1.807) is 6.92 Å². The van der Waals surface area contributed by atoms with Gasteiger partial charge in [0.25, 0.3) is 0 Å². The van der Waals surface area contributed by atoms with Gasteiger partial charge >= 0.3 is 5.97 Å². The molecule has 0 radical (unpaired) electrons. The lowest BCUT2D eigenvalue weighted by molar-refractivity contribution is -0.147. The maximum atomic E-state index is 12.7. The minimum atomic E-state index is -0.300. The molecule has 2 fully saturated rings. The fourth-order valence-electron chi connectivity index (χ4n) is 3.41. The van der Waals surface area contributed by atoms with Crippen molar-refractivity contribution in [3.05, 3.63) is 35.9 Å². The van der Waals surface area contributed by atoms with Crippen LogP contribution in [-0.4, -0.2) is 49.7 Å². The summed E-state index contributed by atoms with van der Waals surface area (Å²) in [5.41, 5.74) is 1.16. The van der Waals surface area contributed by atoms with Crippen LogP contribution in [0.3, 0.4) is 0 Å². The van der Waals surface area contributed by atoms with Gasteiger partial charge in [0.2, 0.25) is 5.91 Å². The average Bonchev–Trinajstić information content (AvgIpc) is 3.30. The fourth-order valence-corrected chi connectivity index (χ4v) is 3.41. The topological polar surface area (TPSA) is 55.8 Å². The number of carbonyl (C=O) groups excluding carboxylic acids is 2. The molecule has 23 heavy (non-hydrogen) atoms. The van der Waals surface area contributed by atoms with Crippen molar-refractivity contribution in [3.63, 3.8) is 0 Å². The Hall–Kier alpha value is -1.88. The van der Waals surface area contributed by atoms with Crippen LogP contribution < -0.4 is 0 Å². The largest absolute Gasteiger partial charge is 0.466 e. The summed E-state index contributed by atoms with van der Waals surface area (Å²) < 4.78 is 10.5. The van der Waals surface area contributed by atoms with Gasteiger partial charge in [0.15, 0.2) is 0 Å². The van der Waals surface area contributed by atoms with Gasteiger partial charge in [-0.15, -0.1) is 0 Å². The molecule has 0 aromatic heterocycles. The van der Waals surface area contributed by atoms with E-state index in [-0.39, 0.29) is 29.6 Å². The van der Waals surface area contributed by atoms with E-state index in [0.29, 0.717) is 32.9 Å². The highest BCUT2D eigenvalue weighted by atomic mass is 16.5. The van der Waals surface area contributed by atoms with Gasteiger partial charge in [-0.1, -0.05) is 30.3 Å².